The number of ether oxygens (including phenoxy) is 5. The Kier molecular flexibility index (Phi) is 8.16. The summed E-state index contributed by atoms with van der Waals surface area (Å²) in [5.41, 5.74) is 0. The van der Waals surface area contributed by atoms with Gasteiger partial charge in [0, 0.05) is 34.6 Å². The summed E-state index contributed by atoms with van der Waals surface area (Å²) in [5, 5.41) is 2.42. The van der Waals surface area contributed by atoms with Gasteiger partial charge in [0.15, 0.2) is 24.5 Å². The highest BCUT2D eigenvalue weighted by Gasteiger charge is 2.52. The van der Waals surface area contributed by atoms with Gasteiger partial charge in [0.25, 0.3) is 0 Å². The molecule has 0 aliphatic carbocycles. The first-order valence-electron chi connectivity index (χ1n) is 8.08. The average Bonchev–Trinajstić information content (AvgIpc) is 2.49. The third kappa shape index (κ3) is 7.21. The van der Waals surface area contributed by atoms with E-state index in [9.17, 15) is 24.0 Å². The van der Waals surface area contributed by atoms with Crippen LogP contribution in [0.5, 0.6) is 0 Å². The highest BCUT2D eigenvalue weighted by Crippen LogP contribution is 2.28. The summed E-state index contributed by atoms with van der Waals surface area (Å²) in [7, 11) is 0. The standard InChI is InChI=1S/C16H23NO10/c1-7(18)17-16-15(26-11(5)22)14(25-10(4)21)13(24-9(3)20)12(27-16)6-23-8(2)19/h12-16H,6H2,1-5H3,(H,17,18)/t12-,13-,14+,15-,16?/m1/s1. The molecule has 1 unspecified atom stereocenters. The Morgan fingerprint density at radius 1 is 0.741 bits per heavy atom. The van der Waals surface area contributed by atoms with Crippen LogP contribution in [-0.2, 0) is 47.7 Å². The van der Waals surface area contributed by atoms with E-state index in [4.69, 9.17) is 23.7 Å². The minimum absolute atomic E-state index is 0.353. The molecule has 0 spiro atoms. The summed E-state index contributed by atoms with van der Waals surface area (Å²) < 4.78 is 26.1. The molecular formula is C16H23NO10. The maximum atomic E-state index is 11.6. The van der Waals surface area contributed by atoms with Gasteiger partial charge in [0.2, 0.25) is 5.91 Å². The Balaban J connectivity index is 3.29. The van der Waals surface area contributed by atoms with Crippen molar-refractivity contribution in [3.8, 4) is 0 Å². The van der Waals surface area contributed by atoms with Gasteiger partial charge in [-0.1, -0.05) is 0 Å². The molecule has 1 aliphatic rings. The zero-order valence-corrected chi connectivity index (χ0v) is 15.7. The van der Waals surface area contributed by atoms with Crippen LogP contribution in [0.2, 0.25) is 0 Å². The molecule has 11 heteroatoms. The second-order valence-electron chi connectivity index (χ2n) is 5.82. The van der Waals surface area contributed by atoms with Gasteiger partial charge in [-0.25, -0.2) is 0 Å². The molecule has 1 rings (SSSR count). The molecule has 0 aromatic rings. The van der Waals surface area contributed by atoms with Gasteiger partial charge in [0.1, 0.15) is 12.7 Å². The van der Waals surface area contributed by atoms with Gasteiger partial charge in [-0.05, 0) is 0 Å². The molecule has 1 fully saturated rings. The summed E-state index contributed by atoms with van der Waals surface area (Å²) in [5.74, 6) is -3.36. The fourth-order valence-electron chi connectivity index (χ4n) is 2.54. The normalized spacial score (nSPS) is 27.1. The van der Waals surface area contributed by atoms with E-state index in [1.54, 1.807) is 0 Å². The Bertz CT molecular complexity index is 604. The first-order chi connectivity index (χ1) is 12.5. The smallest absolute Gasteiger partial charge is 0.303 e. The molecular weight excluding hydrogens is 366 g/mol. The van der Waals surface area contributed by atoms with Crippen molar-refractivity contribution in [3.05, 3.63) is 0 Å². The quantitative estimate of drug-likeness (QED) is 0.453. The molecule has 1 aliphatic heterocycles. The van der Waals surface area contributed by atoms with E-state index in [-0.39, 0.29) is 6.61 Å². The van der Waals surface area contributed by atoms with Gasteiger partial charge in [-0.2, -0.15) is 0 Å². The Labute approximate surface area is 155 Å². The number of nitrogens with one attached hydrogen (secondary N) is 1. The van der Waals surface area contributed by atoms with Crippen molar-refractivity contribution in [1.29, 1.82) is 0 Å². The third-order valence-corrected chi connectivity index (χ3v) is 3.34. The lowest BCUT2D eigenvalue weighted by atomic mass is 9.97. The third-order valence-electron chi connectivity index (χ3n) is 3.34. The van der Waals surface area contributed by atoms with Crippen LogP contribution in [0.3, 0.4) is 0 Å². The lowest BCUT2D eigenvalue weighted by Crippen LogP contribution is -2.66. The van der Waals surface area contributed by atoms with Crippen LogP contribution in [0.4, 0.5) is 0 Å². The minimum Gasteiger partial charge on any atom is -0.463 e. The average molecular weight is 389 g/mol. The van der Waals surface area contributed by atoms with Crippen LogP contribution in [0, 0.1) is 0 Å². The highest BCUT2D eigenvalue weighted by molar-refractivity contribution is 5.73. The zero-order chi connectivity index (χ0) is 20.7. The molecule has 0 radical (unpaired) electrons. The fraction of sp³-hybridized carbons (Fsp3) is 0.688. The predicted molar refractivity (Wildman–Crippen MR) is 85.8 cm³/mol. The van der Waals surface area contributed by atoms with E-state index in [2.05, 4.69) is 5.32 Å². The number of esters is 4. The summed E-state index contributed by atoms with van der Waals surface area (Å²) >= 11 is 0. The SMILES string of the molecule is CC(=O)NC1O[C@H](COC(C)=O)[C@@H](OC(C)=O)[C@H](OC(C)=O)[C@H]1OC(C)=O. The molecule has 0 aromatic carbocycles. The van der Waals surface area contributed by atoms with Gasteiger partial charge < -0.3 is 29.0 Å². The van der Waals surface area contributed by atoms with E-state index in [1.807, 2.05) is 0 Å². The van der Waals surface area contributed by atoms with Crippen LogP contribution in [0.25, 0.3) is 0 Å². The Hall–Kier alpha value is -2.69. The molecule has 152 valence electrons. The van der Waals surface area contributed by atoms with E-state index < -0.39 is 60.4 Å². The second kappa shape index (κ2) is 9.86. The highest BCUT2D eigenvalue weighted by atomic mass is 16.7. The molecule has 1 amide bonds. The number of amides is 1. The maximum absolute atomic E-state index is 11.6. The van der Waals surface area contributed by atoms with Crippen LogP contribution < -0.4 is 5.32 Å². The van der Waals surface area contributed by atoms with Gasteiger partial charge in [0.05, 0.1) is 0 Å². The summed E-state index contributed by atoms with van der Waals surface area (Å²) in [6.45, 7) is 5.36. The van der Waals surface area contributed by atoms with Crippen LogP contribution in [0.15, 0.2) is 0 Å². The number of carbonyl (C=O) groups excluding carboxylic acids is 5. The number of rotatable bonds is 6. The number of hydrogen-bond donors (Lipinski definition) is 1. The summed E-state index contributed by atoms with van der Waals surface area (Å²) in [6.07, 6.45) is -6.18. The van der Waals surface area contributed by atoms with Crippen molar-refractivity contribution in [2.24, 2.45) is 0 Å². The van der Waals surface area contributed by atoms with Crippen molar-refractivity contribution in [3.63, 3.8) is 0 Å². The molecule has 11 nitrogen and oxygen atoms in total. The maximum Gasteiger partial charge on any atom is 0.303 e. The molecule has 1 N–H and O–H groups in total. The van der Waals surface area contributed by atoms with Crippen molar-refractivity contribution in [2.45, 2.75) is 65.3 Å². The molecule has 5 atom stereocenters. The van der Waals surface area contributed by atoms with Crippen molar-refractivity contribution in [2.75, 3.05) is 6.61 Å². The lowest BCUT2D eigenvalue weighted by Gasteiger charge is -2.44. The molecule has 0 aromatic heterocycles. The van der Waals surface area contributed by atoms with Gasteiger partial charge >= 0.3 is 23.9 Å². The van der Waals surface area contributed by atoms with E-state index in [1.165, 1.54) is 13.8 Å². The van der Waals surface area contributed by atoms with Gasteiger partial charge in [-0.15, -0.1) is 0 Å². The first kappa shape index (κ1) is 22.4. The monoisotopic (exact) mass is 389 g/mol. The van der Waals surface area contributed by atoms with Crippen LogP contribution in [0.1, 0.15) is 34.6 Å². The molecule has 0 saturated carbocycles. The first-order valence-corrected chi connectivity index (χ1v) is 8.08. The van der Waals surface area contributed by atoms with E-state index >= 15 is 0 Å². The zero-order valence-electron chi connectivity index (χ0n) is 15.7. The number of hydrogen-bond acceptors (Lipinski definition) is 10. The van der Waals surface area contributed by atoms with Crippen LogP contribution in [-0.4, -0.2) is 67.0 Å². The van der Waals surface area contributed by atoms with E-state index in [0.29, 0.717) is 0 Å². The Morgan fingerprint density at radius 3 is 1.67 bits per heavy atom. The molecule has 27 heavy (non-hydrogen) atoms. The largest absolute Gasteiger partial charge is 0.463 e. The molecule has 0 bridgehead atoms. The fourth-order valence-corrected chi connectivity index (χ4v) is 2.54. The Morgan fingerprint density at radius 2 is 1.22 bits per heavy atom. The summed E-state index contributed by atoms with van der Waals surface area (Å²) in [4.78, 5) is 57.2. The van der Waals surface area contributed by atoms with Crippen molar-refractivity contribution >= 4 is 29.8 Å². The topological polar surface area (TPSA) is 144 Å². The van der Waals surface area contributed by atoms with Crippen molar-refractivity contribution < 1.29 is 47.7 Å². The van der Waals surface area contributed by atoms with Crippen molar-refractivity contribution in [1.82, 2.24) is 5.32 Å². The predicted octanol–water partition coefficient (Wildman–Crippen LogP) is -0.794. The molecule has 1 saturated heterocycles. The summed E-state index contributed by atoms with van der Waals surface area (Å²) in [6, 6.07) is 0. The minimum atomic E-state index is -1.30. The molecule has 1 heterocycles. The van der Waals surface area contributed by atoms with Gasteiger partial charge in [-0.3, -0.25) is 24.0 Å². The number of carbonyl (C=O) groups is 5. The lowest BCUT2D eigenvalue weighted by molar-refractivity contribution is -0.256. The van der Waals surface area contributed by atoms with Crippen LogP contribution >= 0.6 is 0 Å². The second-order valence-corrected chi connectivity index (χ2v) is 5.82. The van der Waals surface area contributed by atoms with E-state index in [0.717, 1.165) is 20.8 Å².